The number of hydrogen-bond donors (Lipinski definition) is 1. The van der Waals surface area contributed by atoms with E-state index in [-0.39, 0.29) is 5.54 Å². The lowest BCUT2D eigenvalue weighted by Crippen LogP contribution is -2.38. The molecule has 0 aliphatic rings. The predicted molar refractivity (Wildman–Crippen MR) is 90.6 cm³/mol. The molecule has 0 spiro atoms. The molecule has 1 N–H and O–H groups in total. The molecule has 1 rings (SSSR count). The van der Waals surface area contributed by atoms with Crippen molar-refractivity contribution < 1.29 is 0 Å². The molecule has 0 aliphatic heterocycles. The summed E-state index contributed by atoms with van der Waals surface area (Å²) in [7, 11) is 0. The Morgan fingerprint density at radius 1 is 1.15 bits per heavy atom. The number of rotatable bonds is 7. The summed E-state index contributed by atoms with van der Waals surface area (Å²) in [6.07, 6.45) is 3.74. The topological polar surface area (TPSA) is 12.0 Å². The normalized spacial score (nSPS) is 13.8. The van der Waals surface area contributed by atoms with E-state index in [0.717, 1.165) is 17.5 Å². The van der Waals surface area contributed by atoms with Crippen LogP contribution >= 0.6 is 11.6 Å². The Kier molecular flexibility index (Phi) is 7.05. The molecule has 1 aromatic rings. The standard InChI is InChI=1S/C18H30ClN/c1-6-14(7-2)11-16(13-20-18(3,4)5)15-9-8-10-17(19)12-15/h8-10,12,14,16,20H,6-7,11,13H2,1-5H3. The van der Waals surface area contributed by atoms with E-state index < -0.39 is 0 Å². The highest BCUT2D eigenvalue weighted by molar-refractivity contribution is 6.30. The van der Waals surface area contributed by atoms with Gasteiger partial charge in [0.1, 0.15) is 0 Å². The van der Waals surface area contributed by atoms with E-state index in [2.05, 4.69) is 58.1 Å². The zero-order chi connectivity index (χ0) is 15.2. The summed E-state index contributed by atoms with van der Waals surface area (Å²) >= 11 is 6.16. The van der Waals surface area contributed by atoms with Crippen molar-refractivity contribution in [3.8, 4) is 0 Å². The Bertz CT molecular complexity index is 391. The average Bonchev–Trinajstić information content (AvgIpc) is 2.38. The maximum absolute atomic E-state index is 6.16. The lowest BCUT2D eigenvalue weighted by atomic mass is 9.85. The van der Waals surface area contributed by atoms with Crippen molar-refractivity contribution >= 4 is 11.6 Å². The molecule has 2 heteroatoms. The van der Waals surface area contributed by atoms with Crippen LogP contribution in [0, 0.1) is 5.92 Å². The van der Waals surface area contributed by atoms with E-state index >= 15 is 0 Å². The van der Waals surface area contributed by atoms with Crippen molar-refractivity contribution in [2.75, 3.05) is 6.54 Å². The minimum Gasteiger partial charge on any atom is -0.311 e. The highest BCUT2D eigenvalue weighted by atomic mass is 35.5. The Morgan fingerprint density at radius 3 is 2.30 bits per heavy atom. The van der Waals surface area contributed by atoms with Crippen LogP contribution in [0.3, 0.4) is 0 Å². The zero-order valence-corrected chi connectivity index (χ0v) is 14.4. The third kappa shape index (κ3) is 6.28. The van der Waals surface area contributed by atoms with E-state index in [9.17, 15) is 0 Å². The Morgan fingerprint density at radius 2 is 1.80 bits per heavy atom. The van der Waals surface area contributed by atoms with Crippen LogP contribution in [0.15, 0.2) is 24.3 Å². The quantitative estimate of drug-likeness (QED) is 0.686. The predicted octanol–water partition coefficient (Wildman–Crippen LogP) is 5.64. The van der Waals surface area contributed by atoms with Gasteiger partial charge in [-0.3, -0.25) is 0 Å². The molecule has 20 heavy (non-hydrogen) atoms. The molecule has 1 unspecified atom stereocenters. The summed E-state index contributed by atoms with van der Waals surface area (Å²) in [5, 5.41) is 4.49. The molecule has 0 bridgehead atoms. The third-order valence-electron chi connectivity index (χ3n) is 3.97. The first-order chi connectivity index (χ1) is 9.35. The van der Waals surface area contributed by atoms with Gasteiger partial charge in [-0.05, 0) is 56.7 Å². The second-order valence-electron chi connectivity index (χ2n) is 6.80. The fraction of sp³-hybridized carbons (Fsp3) is 0.667. The highest BCUT2D eigenvalue weighted by Gasteiger charge is 2.19. The van der Waals surface area contributed by atoms with Crippen molar-refractivity contribution in [2.24, 2.45) is 5.92 Å². The first kappa shape index (κ1) is 17.5. The number of nitrogens with one attached hydrogen (secondary N) is 1. The van der Waals surface area contributed by atoms with E-state index in [1.165, 1.54) is 24.8 Å². The zero-order valence-electron chi connectivity index (χ0n) is 13.7. The number of halogens is 1. The minimum absolute atomic E-state index is 0.157. The number of benzene rings is 1. The first-order valence-corrected chi connectivity index (χ1v) is 8.24. The van der Waals surface area contributed by atoms with Crippen molar-refractivity contribution in [2.45, 2.75) is 65.3 Å². The van der Waals surface area contributed by atoms with Gasteiger partial charge >= 0.3 is 0 Å². The van der Waals surface area contributed by atoms with Gasteiger partial charge in [-0.1, -0.05) is 50.4 Å². The SMILES string of the molecule is CCC(CC)CC(CNC(C)(C)C)c1cccc(Cl)c1. The molecule has 0 fully saturated rings. The Balaban J connectivity index is 2.83. The van der Waals surface area contributed by atoms with Crippen molar-refractivity contribution in [1.29, 1.82) is 0 Å². The first-order valence-electron chi connectivity index (χ1n) is 7.86. The van der Waals surface area contributed by atoms with Crippen molar-refractivity contribution in [3.63, 3.8) is 0 Å². The second kappa shape index (κ2) is 8.05. The third-order valence-corrected chi connectivity index (χ3v) is 4.21. The van der Waals surface area contributed by atoms with Crippen LogP contribution in [-0.4, -0.2) is 12.1 Å². The van der Waals surface area contributed by atoms with Gasteiger partial charge in [0.05, 0.1) is 0 Å². The molecule has 0 aromatic heterocycles. The summed E-state index contributed by atoms with van der Waals surface area (Å²) in [5.41, 5.74) is 1.52. The van der Waals surface area contributed by atoms with Crippen molar-refractivity contribution in [1.82, 2.24) is 5.32 Å². The smallest absolute Gasteiger partial charge is 0.0408 e. The monoisotopic (exact) mass is 295 g/mol. The summed E-state index contributed by atoms with van der Waals surface area (Å²) in [6, 6.07) is 8.35. The maximum Gasteiger partial charge on any atom is 0.0408 e. The van der Waals surface area contributed by atoms with Gasteiger partial charge in [-0.25, -0.2) is 0 Å². The summed E-state index contributed by atoms with van der Waals surface area (Å²) < 4.78 is 0. The van der Waals surface area contributed by atoms with Crippen LogP contribution in [-0.2, 0) is 0 Å². The minimum atomic E-state index is 0.157. The summed E-state index contributed by atoms with van der Waals surface area (Å²) in [4.78, 5) is 0. The molecule has 0 saturated carbocycles. The molecule has 0 radical (unpaired) electrons. The van der Waals surface area contributed by atoms with Gasteiger partial charge in [-0.2, -0.15) is 0 Å². The molecule has 0 heterocycles. The fourth-order valence-electron chi connectivity index (χ4n) is 2.55. The Labute approximate surface area is 130 Å². The van der Waals surface area contributed by atoms with Gasteiger partial charge in [0.25, 0.3) is 0 Å². The van der Waals surface area contributed by atoms with Crippen LogP contribution < -0.4 is 5.32 Å². The van der Waals surface area contributed by atoms with Gasteiger partial charge in [-0.15, -0.1) is 0 Å². The lowest BCUT2D eigenvalue weighted by Gasteiger charge is -2.28. The lowest BCUT2D eigenvalue weighted by molar-refractivity contribution is 0.356. The van der Waals surface area contributed by atoms with Gasteiger partial charge in [0.2, 0.25) is 0 Å². The average molecular weight is 296 g/mol. The molecule has 0 amide bonds. The van der Waals surface area contributed by atoms with Crippen molar-refractivity contribution in [3.05, 3.63) is 34.9 Å². The van der Waals surface area contributed by atoms with E-state index in [0.29, 0.717) is 5.92 Å². The highest BCUT2D eigenvalue weighted by Crippen LogP contribution is 2.28. The maximum atomic E-state index is 6.16. The number of hydrogen-bond acceptors (Lipinski definition) is 1. The van der Waals surface area contributed by atoms with Crippen LogP contribution in [0.2, 0.25) is 5.02 Å². The van der Waals surface area contributed by atoms with E-state index in [4.69, 9.17) is 11.6 Å². The molecule has 1 aromatic carbocycles. The van der Waals surface area contributed by atoms with Crippen LogP contribution in [0.1, 0.15) is 65.4 Å². The van der Waals surface area contributed by atoms with Gasteiger partial charge < -0.3 is 5.32 Å². The van der Waals surface area contributed by atoms with Crippen LogP contribution in [0.4, 0.5) is 0 Å². The van der Waals surface area contributed by atoms with E-state index in [1.54, 1.807) is 0 Å². The summed E-state index contributed by atoms with van der Waals surface area (Å²) in [5.74, 6) is 1.33. The molecule has 1 atom stereocenters. The van der Waals surface area contributed by atoms with Crippen LogP contribution in [0.25, 0.3) is 0 Å². The van der Waals surface area contributed by atoms with Crippen LogP contribution in [0.5, 0.6) is 0 Å². The Hall–Kier alpha value is -0.530. The van der Waals surface area contributed by atoms with Gasteiger partial charge in [0, 0.05) is 17.1 Å². The molecule has 1 nitrogen and oxygen atoms in total. The summed E-state index contributed by atoms with van der Waals surface area (Å²) in [6.45, 7) is 12.3. The molecule has 114 valence electrons. The second-order valence-corrected chi connectivity index (χ2v) is 7.24. The largest absolute Gasteiger partial charge is 0.311 e. The van der Waals surface area contributed by atoms with E-state index in [1.807, 2.05) is 6.07 Å². The van der Waals surface area contributed by atoms with Gasteiger partial charge in [0.15, 0.2) is 0 Å². The molecule has 0 saturated heterocycles. The molecular weight excluding hydrogens is 266 g/mol. The fourth-order valence-corrected chi connectivity index (χ4v) is 2.75. The molecular formula is C18H30ClN. The molecule has 0 aliphatic carbocycles.